The Morgan fingerprint density at radius 2 is 2.31 bits per heavy atom. The Labute approximate surface area is 94.3 Å². The van der Waals surface area contributed by atoms with E-state index in [2.05, 4.69) is 10.3 Å². The Morgan fingerprint density at radius 1 is 1.56 bits per heavy atom. The van der Waals surface area contributed by atoms with Gasteiger partial charge in [-0.15, -0.1) is 0 Å². The van der Waals surface area contributed by atoms with Crippen LogP contribution in [0.15, 0.2) is 18.3 Å². The number of nitrogens with zero attached hydrogens (tertiary/aromatic N) is 2. The van der Waals surface area contributed by atoms with Gasteiger partial charge in [-0.2, -0.15) is 0 Å². The highest BCUT2D eigenvalue weighted by Gasteiger charge is 2.15. The normalized spacial score (nSPS) is 10.7. The maximum atomic E-state index is 11.7. The first kappa shape index (κ1) is 10.7. The minimum absolute atomic E-state index is 0.136. The summed E-state index contributed by atoms with van der Waals surface area (Å²) in [6.07, 6.45) is 2.77. The summed E-state index contributed by atoms with van der Waals surface area (Å²) in [4.78, 5) is 16.1. The molecule has 4 heteroatoms. The van der Waals surface area contributed by atoms with Gasteiger partial charge in [0.15, 0.2) is 5.69 Å². The third kappa shape index (κ3) is 1.56. The molecule has 4 nitrogen and oxygen atoms in total. The lowest BCUT2D eigenvalue weighted by Gasteiger charge is -1.99. The number of carbonyl (C=O) groups is 1. The lowest BCUT2D eigenvalue weighted by Crippen LogP contribution is -2.18. The van der Waals surface area contributed by atoms with E-state index in [-0.39, 0.29) is 5.91 Å². The Balaban J connectivity index is 2.73. The number of hydrogen-bond donors (Lipinski definition) is 1. The molecule has 84 valence electrons. The van der Waals surface area contributed by atoms with E-state index >= 15 is 0 Å². The highest BCUT2D eigenvalue weighted by molar-refractivity contribution is 5.99. The molecule has 0 spiro atoms. The molecule has 2 aromatic rings. The van der Waals surface area contributed by atoms with Crippen molar-refractivity contribution < 1.29 is 4.79 Å². The third-order valence-corrected chi connectivity index (χ3v) is 2.63. The SMILES string of the molecule is CCc1nc(C(=O)NC)c2cc(C)ccn12. The van der Waals surface area contributed by atoms with E-state index < -0.39 is 0 Å². The molecule has 0 saturated carbocycles. The maximum absolute atomic E-state index is 11.7. The van der Waals surface area contributed by atoms with Crippen molar-refractivity contribution in [3.05, 3.63) is 35.4 Å². The van der Waals surface area contributed by atoms with Gasteiger partial charge in [0.25, 0.3) is 5.91 Å². The molecule has 0 atom stereocenters. The van der Waals surface area contributed by atoms with Gasteiger partial charge in [0.1, 0.15) is 5.82 Å². The van der Waals surface area contributed by atoms with E-state index in [0.29, 0.717) is 5.69 Å². The van der Waals surface area contributed by atoms with Gasteiger partial charge in [-0.25, -0.2) is 4.98 Å². The number of carbonyl (C=O) groups excluding carboxylic acids is 1. The second kappa shape index (κ2) is 3.96. The summed E-state index contributed by atoms with van der Waals surface area (Å²) in [6.45, 7) is 4.04. The molecule has 1 N–H and O–H groups in total. The maximum Gasteiger partial charge on any atom is 0.271 e. The molecule has 0 aliphatic heterocycles. The number of imidazole rings is 1. The number of aromatic nitrogens is 2. The summed E-state index contributed by atoms with van der Waals surface area (Å²) >= 11 is 0. The number of pyridine rings is 1. The van der Waals surface area contributed by atoms with Gasteiger partial charge in [-0.1, -0.05) is 6.92 Å². The van der Waals surface area contributed by atoms with Crippen molar-refractivity contribution in [2.45, 2.75) is 20.3 Å². The molecule has 2 aromatic heterocycles. The van der Waals surface area contributed by atoms with E-state index in [1.54, 1.807) is 7.05 Å². The van der Waals surface area contributed by atoms with Gasteiger partial charge in [-0.05, 0) is 24.6 Å². The van der Waals surface area contributed by atoms with Crippen molar-refractivity contribution in [2.24, 2.45) is 0 Å². The summed E-state index contributed by atoms with van der Waals surface area (Å²) in [5.74, 6) is 0.774. The number of nitrogens with one attached hydrogen (secondary N) is 1. The average Bonchev–Trinajstić information content (AvgIpc) is 2.66. The lowest BCUT2D eigenvalue weighted by molar-refractivity contribution is 0.0960. The fourth-order valence-corrected chi connectivity index (χ4v) is 1.79. The van der Waals surface area contributed by atoms with Crippen LogP contribution in [0.1, 0.15) is 28.8 Å². The third-order valence-electron chi connectivity index (χ3n) is 2.63. The van der Waals surface area contributed by atoms with Crippen LogP contribution in [0.5, 0.6) is 0 Å². The molecule has 1 amide bonds. The standard InChI is InChI=1S/C12H15N3O/c1-4-10-14-11(12(16)13-3)9-7-8(2)5-6-15(9)10/h5-7H,4H2,1-3H3,(H,13,16). The number of aryl methyl sites for hydroxylation is 2. The molecule has 16 heavy (non-hydrogen) atoms. The van der Waals surface area contributed by atoms with Crippen LogP contribution < -0.4 is 5.32 Å². The lowest BCUT2D eigenvalue weighted by atomic mass is 10.2. The monoisotopic (exact) mass is 217 g/mol. The zero-order chi connectivity index (χ0) is 11.7. The zero-order valence-corrected chi connectivity index (χ0v) is 9.74. The van der Waals surface area contributed by atoms with Crippen LogP contribution in [0.3, 0.4) is 0 Å². The topological polar surface area (TPSA) is 46.4 Å². The zero-order valence-electron chi connectivity index (χ0n) is 9.74. The van der Waals surface area contributed by atoms with Crippen molar-refractivity contribution in [3.63, 3.8) is 0 Å². The first-order chi connectivity index (χ1) is 7.67. The van der Waals surface area contributed by atoms with Crippen LogP contribution in [0.25, 0.3) is 5.52 Å². The molecule has 0 unspecified atom stereocenters. The van der Waals surface area contributed by atoms with Gasteiger partial charge in [0, 0.05) is 19.7 Å². The molecule has 0 aromatic carbocycles. The number of hydrogen-bond acceptors (Lipinski definition) is 2. The van der Waals surface area contributed by atoms with E-state index in [4.69, 9.17) is 0 Å². The summed E-state index contributed by atoms with van der Waals surface area (Å²) < 4.78 is 1.97. The van der Waals surface area contributed by atoms with Crippen LogP contribution in [0.4, 0.5) is 0 Å². The molecule has 0 saturated heterocycles. The quantitative estimate of drug-likeness (QED) is 0.829. The summed E-state index contributed by atoms with van der Waals surface area (Å²) in [6, 6.07) is 4.00. The molecule has 0 aliphatic carbocycles. The molecule has 0 radical (unpaired) electrons. The fraction of sp³-hybridized carbons (Fsp3) is 0.333. The van der Waals surface area contributed by atoms with Crippen molar-refractivity contribution in [1.29, 1.82) is 0 Å². The van der Waals surface area contributed by atoms with Crippen LogP contribution in [0.2, 0.25) is 0 Å². The summed E-state index contributed by atoms with van der Waals surface area (Å²) in [5.41, 5.74) is 2.50. The minimum Gasteiger partial charge on any atom is -0.354 e. The molecular weight excluding hydrogens is 202 g/mol. The summed E-state index contributed by atoms with van der Waals surface area (Å²) in [5, 5.41) is 2.62. The van der Waals surface area contributed by atoms with Gasteiger partial charge in [0.2, 0.25) is 0 Å². The molecule has 2 heterocycles. The van der Waals surface area contributed by atoms with Gasteiger partial charge >= 0.3 is 0 Å². The molecule has 2 rings (SSSR count). The Bertz CT molecular complexity index is 542. The molecule has 0 aliphatic rings. The van der Waals surface area contributed by atoms with Crippen molar-refractivity contribution in [1.82, 2.24) is 14.7 Å². The van der Waals surface area contributed by atoms with E-state index in [0.717, 1.165) is 23.3 Å². The Morgan fingerprint density at radius 3 is 2.94 bits per heavy atom. The van der Waals surface area contributed by atoms with Crippen molar-refractivity contribution >= 4 is 11.4 Å². The molecule has 0 bridgehead atoms. The van der Waals surface area contributed by atoms with Gasteiger partial charge in [0.05, 0.1) is 5.52 Å². The van der Waals surface area contributed by atoms with Crippen molar-refractivity contribution in [3.8, 4) is 0 Å². The fourth-order valence-electron chi connectivity index (χ4n) is 1.79. The number of rotatable bonds is 2. The average molecular weight is 217 g/mol. The van der Waals surface area contributed by atoms with Crippen molar-refractivity contribution in [2.75, 3.05) is 7.05 Å². The van der Waals surface area contributed by atoms with E-state index in [9.17, 15) is 4.79 Å². The second-order valence-corrected chi connectivity index (χ2v) is 3.77. The largest absolute Gasteiger partial charge is 0.354 e. The first-order valence-electron chi connectivity index (χ1n) is 5.37. The van der Waals surface area contributed by atoms with Crippen LogP contribution in [-0.4, -0.2) is 22.3 Å². The highest BCUT2D eigenvalue weighted by atomic mass is 16.1. The van der Waals surface area contributed by atoms with Gasteiger partial charge < -0.3 is 9.72 Å². The smallest absolute Gasteiger partial charge is 0.271 e. The van der Waals surface area contributed by atoms with E-state index in [1.807, 2.05) is 36.6 Å². The Hall–Kier alpha value is -1.84. The molecular formula is C12H15N3O. The first-order valence-corrected chi connectivity index (χ1v) is 5.37. The summed E-state index contributed by atoms with van der Waals surface area (Å²) in [7, 11) is 1.62. The minimum atomic E-state index is -0.136. The highest BCUT2D eigenvalue weighted by Crippen LogP contribution is 2.15. The Kier molecular flexibility index (Phi) is 2.64. The van der Waals surface area contributed by atoms with Crippen LogP contribution in [0, 0.1) is 6.92 Å². The number of fused-ring (bicyclic) bond motifs is 1. The second-order valence-electron chi connectivity index (χ2n) is 3.77. The predicted molar refractivity (Wildman–Crippen MR) is 62.7 cm³/mol. The van der Waals surface area contributed by atoms with Crippen LogP contribution >= 0.6 is 0 Å². The number of amides is 1. The van der Waals surface area contributed by atoms with Gasteiger partial charge in [-0.3, -0.25) is 4.79 Å². The van der Waals surface area contributed by atoms with E-state index in [1.165, 1.54) is 0 Å². The molecule has 0 fully saturated rings. The van der Waals surface area contributed by atoms with Crippen LogP contribution in [-0.2, 0) is 6.42 Å². The predicted octanol–water partition coefficient (Wildman–Crippen LogP) is 1.56.